The van der Waals surface area contributed by atoms with Crippen LogP contribution in [0.2, 0.25) is 10.0 Å². The number of hydrogen-bond acceptors (Lipinski definition) is 3. The van der Waals surface area contributed by atoms with E-state index in [0.717, 1.165) is 0 Å². The van der Waals surface area contributed by atoms with Crippen molar-refractivity contribution in [2.45, 2.75) is 6.54 Å². The number of rotatable bonds is 4. The summed E-state index contributed by atoms with van der Waals surface area (Å²) in [5, 5.41) is 5.08. The quantitative estimate of drug-likeness (QED) is 0.741. The fraction of sp³-hybridized carbons (Fsp3) is 0.143. The van der Waals surface area contributed by atoms with E-state index in [2.05, 4.69) is 5.10 Å². The first-order valence-corrected chi connectivity index (χ1v) is 7.03. The van der Waals surface area contributed by atoms with Gasteiger partial charge in [0, 0.05) is 6.20 Å². The van der Waals surface area contributed by atoms with Gasteiger partial charge in [-0.05, 0) is 24.3 Å². The molecule has 108 valence electrons. The summed E-state index contributed by atoms with van der Waals surface area (Å²) in [4.78, 5) is 12.1. The molecule has 0 saturated carbocycles. The van der Waals surface area contributed by atoms with Crippen LogP contribution in [0.25, 0.3) is 5.65 Å². The van der Waals surface area contributed by atoms with E-state index in [4.69, 9.17) is 27.9 Å². The highest BCUT2D eigenvalue weighted by Gasteiger charge is 2.08. The van der Waals surface area contributed by atoms with Crippen LogP contribution in [0.1, 0.15) is 0 Å². The van der Waals surface area contributed by atoms with Gasteiger partial charge in [-0.1, -0.05) is 35.3 Å². The van der Waals surface area contributed by atoms with Crippen molar-refractivity contribution in [2.24, 2.45) is 0 Å². The predicted octanol–water partition coefficient (Wildman–Crippen LogP) is 2.88. The summed E-state index contributed by atoms with van der Waals surface area (Å²) in [7, 11) is 0. The molecular weight excluding hydrogens is 313 g/mol. The van der Waals surface area contributed by atoms with Gasteiger partial charge in [-0.15, -0.1) is 5.10 Å². The Morgan fingerprint density at radius 1 is 1.10 bits per heavy atom. The van der Waals surface area contributed by atoms with Gasteiger partial charge in [-0.3, -0.25) is 4.40 Å². The molecule has 0 bridgehead atoms. The zero-order chi connectivity index (χ0) is 14.8. The standard InChI is InChI=1S/C14H11Cl2N3O2/c15-10-4-3-5-11(16)13(10)21-9-8-19-14(20)18-7-2-1-6-12(18)17-19/h1-7H,8-9H2. The summed E-state index contributed by atoms with van der Waals surface area (Å²) in [6.45, 7) is 0.551. The second kappa shape index (κ2) is 5.79. The van der Waals surface area contributed by atoms with Crippen LogP contribution in [0.3, 0.4) is 0 Å². The molecule has 0 spiro atoms. The molecule has 0 unspecified atom stereocenters. The number of benzene rings is 1. The number of fused-ring (bicyclic) bond motifs is 1. The van der Waals surface area contributed by atoms with Crippen molar-refractivity contribution >= 4 is 28.8 Å². The maximum atomic E-state index is 12.1. The Bertz CT molecular complexity index is 821. The van der Waals surface area contributed by atoms with E-state index in [1.54, 1.807) is 36.5 Å². The zero-order valence-corrected chi connectivity index (χ0v) is 12.4. The van der Waals surface area contributed by atoms with Crippen molar-refractivity contribution in [3.8, 4) is 5.75 Å². The van der Waals surface area contributed by atoms with Crippen LogP contribution in [0.4, 0.5) is 0 Å². The average molecular weight is 324 g/mol. The first kappa shape index (κ1) is 14.0. The lowest BCUT2D eigenvalue weighted by Gasteiger charge is -2.09. The molecule has 0 radical (unpaired) electrons. The molecule has 2 heterocycles. The van der Waals surface area contributed by atoms with E-state index in [1.165, 1.54) is 9.08 Å². The minimum absolute atomic E-state index is 0.209. The summed E-state index contributed by atoms with van der Waals surface area (Å²) >= 11 is 12.0. The molecule has 0 fully saturated rings. The second-order valence-electron chi connectivity index (χ2n) is 4.33. The number of halogens is 2. The minimum Gasteiger partial charge on any atom is -0.489 e. The van der Waals surface area contributed by atoms with E-state index in [9.17, 15) is 4.79 Å². The third-order valence-electron chi connectivity index (χ3n) is 2.96. The monoisotopic (exact) mass is 323 g/mol. The maximum absolute atomic E-state index is 12.1. The lowest BCUT2D eigenvalue weighted by atomic mass is 10.3. The van der Waals surface area contributed by atoms with Gasteiger partial charge in [0.05, 0.1) is 16.6 Å². The SMILES string of the molecule is O=c1n(CCOc2c(Cl)cccc2Cl)nc2ccccn12. The first-order chi connectivity index (χ1) is 10.2. The molecule has 0 atom stereocenters. The molecule has 0 aliphatic rings. The van der Waals surface area contributed by atoms with Gasteiger partial charge < -0.3 is 4.74 Å². The number of aromatic nitrogens is 3. The van der Waals surface area contributed by atoms with Crippen molar-refractivity contribution in [1.29, 1.82) is 0 Å². The minimum atomic E-state index is -0.209. The highest BCUT2D eigenvalue weighted by atomic mass is 35.5. The van der Waals surface area contributed by atoms with Crippen LogP contribution < -0.4 is 10.4 Å². The Morgan fingerprint density at radius 2 is 1.86 bits per heavy atom. The fourth-order valence-corrected chi connectivity index (χ4v) is 2.47. The molecule has 1 aromatic carbocycles. The van der Waals surface area contributed by atoms with Crippen molar-refractivity contribution < 1.29 is 4.74 Å². The fourth-order valence-electron chi connectivity index (χ4n) is 1.97. The summed E-state index contributed by atoms with van der Waals surface area (Å²) in [6, 6.07) is 10.5. The molecule has 3 rings (SSSR count). The van der Waals surface area contributed by atoms with E-state index in [0.29, 0.717) is 28.0 Å². The van der Waals surface area contributed by atoms with Gasteiger partial charge in [0.2, 0.25) is 0 Å². The Kier molecular flexibility index (Phi) is 3.86. The number of para-hydroxylation sites is 1. The average Bonchev–Trinajstić information content (AvgIpc) is 2.79. The number of ether oxygens (including phenoxy) is 1. The summed E-state index contributed by atoms with van der Waals surface area (Å²) in [5.41, 5.74) is 0.387. The van der Waals surface area contributed by atoms with E-state index in [-0.39, 0.29) is 12.3 Å². The normalized spacial score (nSPS) is 11.0. The number of pyridine rings is 1. The van der Waals surface area contributed by atoms with Crippen LogP contribution in [0, 0.1) is 0 Å². The molecule has 7 heteroatoms. The van der Waals surface area contributed by atoms with Crippen molar-refractivity contribution in [3.63, 3.8) is 0 Å². The molecule has 21 heavy (non-hydrogen) atoms. The van der Waals surface area contributed by atoms with E-state index in [1.807, 2.05) is 6.07 Å². The Hall–Kier alpha value is -1.98. The Balaban J connectivity index is 1.75. The molecule has 0 saturated heterocycles. The van der Waals surface area contributed by atoms with Gasteiger partial charge in [-0.2, -0.15) is 0 Å². The molecule has 5 nitrogen and oxygen atoms in total. The van der Waals surface area contributed by atoms with Crippen LogP contribution in [-0.4, -0.2) is 20.8 Å². The highest BCUT2D eigenvalue weighted by molar-refractivity contribution is 6.37. The van der Waals surface area contributed by atoms with E-state index >= 15 is 0 Å². The molecule has 3 aromatic rings. The van der Waals surface area contributed by atoms with Gasteiger partial charge in [0.25, 0.3) is 0 Å². The van der Waals surface area contributed by atoms with Crippen LogP contribution in [0.15, 0.2) is 47.4 Å². The van der Waals surface area contributed by atoms with Gasteiger partial charge in [-0.25, -0.2) is 9.48 Å². The Labute approximate surface area is 130 Å². The highest BCUT2D eigenvalue weighted by Crippen LogP contribution is 2.32. The number of hydrogen-bond donors (Lipinski definition) is 0. The molecule has 0 amide bonds. The summed E-state index contributed by atoms with van der Waals surface area (Å²) in [5.74, 6) is 0.414. The van der Waals surface area contributed by atoms with Crippen LogP contribution in [0.5, 0.6) is 5.75 Å². The number of nitrogens with zero attached hydrogens (tertiary/aromatic N) is 3. The van der Waals surface area contributed by atoms with Crippen molar-refractivity contribution in [2.75, 3.05) is 6.61 Å². The molecule has 0 N–H and O–H groups in total. The molecule has 2 aromatic heterocycles. The maximum Gasteiger partial charge on any atom is 0.350 e. The molecule has 0 aliphatic heterocycles. The lowest BCUT2D eigenvalue weighted by molar-refractivity contribution is 0.289. The third-order valence-corrected chi connectivity index (χ3v) is 3.55. The van der Waals surface area contributed by atoms with Crippen molar-refractivity contribution in [3.05, 3.63) is 63.1 Å². The van der Waals surface area contributed by atoms with Gasteiger partial charge in [0.1, 0.15) is 6.61 Å². The third kappa shape index (κ3) is 2.75. The molecule has 0 aliphatic carbocycles. The van der Waals surface area contributed by atoms with Gasteiger partial charge in [0.15, 0.2) is 11.4 Å². The summed E-state index contributed by atoms with van der Waals surface area (Å²) < 4.78 is 8.37. The van der Waals surface area contributed by atoms with Crippen LogP contribution in [-0.2, 0) is 6.54 Å². The predicted molar refractivity (Wildman–Crippen MR) is 81.4 cm³/mol. The lowest BCUT2D eigenvalue weighted by Crippen LogP contribution is -2.23. The zero-order valence-electron chi connectivity index (χ0n) is 10.9. The van der Waals surface area contributed by atoms with E-state index < -0.39 is 0 Å². The Morgan fingerprint density at radius 3 is 2.57 bits per heavy atom. The van der Waals surface area contributed by atoms with Gasteiger partial charge >= 0.3 is 5.69 Å². The second-order valence-corrected chi connectivity index (χ2v) is 5.15. The first-order valence-electron chi connectivity index (χ1n) is 6.28. The smallest absolute Gasteiger partial charge is 0.350 e. The largest absolute Gasteiger partial charge is 0.489 e. The van der Waals surface area contributed by atoms with Crippen molar-refractivity contribution in [1.82, 2.24) is 14.2 Å². The van der Waals surface area contributed by atoms with Crippen LogP contribution >= 0.6 is 23.2 Å². The topological polar surface area (TPSA) is 48.5 Å². The molecular formula is C14H11Cl2N3O2. The summed E-state index contributed by atoms with van der Waals surface area (Å²) in [6.07, 6.45) is 1.67.